The maximum absolute atomic E-state index is 12.0. The highest BCUT2D eigenvalue weighted by molar-refractivity contribution is 6.30. The van der Waals surface area contributed by atoms with Gasteiger partial charge in [0.05, 0.1) is 5.92 Å². The Morgan fingerprint density at radius 3 is 2.43 bits per heavy atom. The summed E-state index contributed by atoms with van der Waals surface area (Å²) in [7, 11) is 0. The molecule has 0 aliphatic heterocycles. The number of rotatable bonds is 5. The Labute approximate surface area is 127 Å². The summed E-state index contributed by atoms with van der Waals surface area (Å²) in [6.45, 7) is 0. The van der Waals surface area contributed by atoms with Gasteiger partial charge in [-0.15, -0.1) is 0 Å². The number of carbonyl (C=O) groups excluding carboxylic acids is 1. The van der Waals surface area contributed by atoms with E-state index in [1.54, 1.807) is 54.6 Å². The summed E-state index contributed by atoms with van der Waals surface area (Å²) >= 11 is 5.83. The third-order valence-corrected chi connectivity index (χ3v) is 3.23. The lowest BCUT2D eigenvalue weighted by atomic mass is 9.95. The van der Waals surface area contributed by atoms with Crippen LogP contribution in [0.1, 0.15) is 17.9 Å². The first kappa shape index (κ1) is 15.1. The molecule has 1 amide bonds. The van der Waals surface area contributed by atoms with Gasteiger partial charge in [0.1, 0.15) is 0 Å². The van der Waals surface area contributed by atoms with Gasteiger partial charge < -0.3 is 10.4 Å². The van der Waals surface area contributed by atoms with Gasteiger partial charge in [0.25, 0.3) is 0 Å². The fourth-order valence-electron chi connectivity index (χ4n) is 2.00. The number of hydrogen-bond acceptors (Lipinski definition) is 2. The predicted molar refractivity (Wildman–Crippen MR) is 81.5 cm³/mol. The summed E-state index contributed by atoms with van der Waals surface area (Å²) in [5.74, 6) is -2.26. The Morgan fingerprint density at radius 1 is 1.10 bits per heavy atom. The summed E-state index contributed by atoms with van der Waals surface area (Å²) < 4.78 is 0. The van der Waals surface area contributed by atoms with Crippen molar-refractivity contribution in [3.8, 4) is 0 Å². The zero-order chi connectivity index (χ0) is 15.2. The molecule has 0 bridgehead atoms. The molecule has 2 N–H and O–H groups in total. The Morgan fingerprint density at radius 2 is 1.81 bits per heavy atom. The lowest BCUT2D eigenvalue weighted by molar-refractivity contribution is -0.140. The van der Waals surface area contributed by atoms with Crippen molar-refractivity contribution in [2.24, 2.45) is 0 Å². The van der Waals surface area contributed by atoms with Crippen LogP contribution in [0.15, 0.2) is 54.6 Å². The van der Waals surface area contributed by atoms with Gasteiger partial charge in [0.2, 0.25) is 5.91 Å². The van der Waals surface area contributed by atoms with E-state index in [-0.39, 0.29) is 12.3 Å². The number of carboxylic acid groups (broad SMARTS) is 1. The molecule has 5 heteroatoms. The number of carbonyl (C=O) groups is 2. The number of hydrogen-bond donors (Lipinski definition) is 2. The minimum atomic E-state index is -1.03. The van der Waals surface area contributed by atoms with Crippen LogP contribution in [0, 0.1) is 0 Å². The van der Waals surface area contributed by atoms with Crippen LogP contribution >= 0.6 is 11.6 Å². The summed E-state index contributed by atoms with van der Waals surface area (Å²) in [6, 6.07) is 15.4. The Bertz CT molecular complexity index is 643. The van der Waals surface area contributed by atoms with E-state index >= 15 is 0 Å². The van der Waals surface area contributed by atoms with Crippen molar-refractivity contribution in [1.29, 1.82) is 0 Å². The van der Waals surface area contributed by atoms with Gasteiger partial charge >= 0.3 is 5.97 Å². The zero-order valence-corrected chi connectivity index (χ0v) is 11.9. The molecule has 0 aliphatic carbocycles. The number of nitrogens with one attached hydrogen (secondary N) is 1. The van der Waals surface area contributed by atoms with Crippen molar-refractivity contribution in [2.45, 2.75) is 12.3 Å². The lowest BCUT2D eigenvalue weighted by Gasteiger charge is -2.13. The largest absolute Gasteiger partial charge is 0.481 e. The number of carboxylic acids is 1. The zero-order valence-electron chi connectivity index (χ0n) is 11.1. The highest BCUT2D eigenvalue weighted by Gasteiger charge is 2.23. The summed E-state index contributed by atoms with van der Waals surface area (Å²) in [6.07, 6.45) is -0.133. The summed E-state index contributed by atoms with van der Waals surface area (Å²) in [5.41, 5.74) is 1.15. The van der Waals surface area contributed by atoms with Crippen LogP contribution in [0.5, 0.6) is 0 Å². The van der Waals surface area contributed by atoms with E-state index in [0.717, 1.165) is 0 Å². The first-order valence-corrected chi connectivity index (χ1v) is 6.77. The minimum absolute atomic E-state index is 0.133. The Kier molecular flexibility index (Phi) is 4.95. The van der Waals surface area contributed by atoms with Crippen LogP contribution in [0.25, 0.3) is 0 Å². The van der Waals surface area contributed by atoms with Gasteiger partial charge in [0.15, 0.2) is 0 Å². The molecule has 1 atom stereocenters. The molecule has 2 aromatic rings. The molecule has 4 nitrogen and oxygen atoms in total. The third-order valence-electron chi connectivity index (χ3n) is 3.00. The normalized spacial score (nSPS) is 11.7. The molecular weight excluding hydrogens is 290 g/mol. The van der Waals surface area contributed by atoms with Crippen molar-refractivity contribution < 1.29 is 14.7 Å². The maximum atomic E-state index is 12.0. The predicted octanol–water partition coefficient (Wildman–Crippen LogP) is 3.54. The molecule has 0 aromatic heterocycles. The summed E-state index contributed by atoms with van der Waals surface area (Å²) in [5, 5.41) is 12.4. The van der Waals surface area contributed by atoms with Crippen molar-refractivity contribution in [3.05, 3.63) is 65.2 Å². The topological polar surface area (TPSA) is 66.4 Å². The number of amides is 1. The van der Waals surface area contributed by atoms with Crippen LogP contribution in [-0.4, -0.2) is 17.0 Å². The molecule has 0 aliphatic rings. The molecule has 21 heavy (non-hydrogen) atoms. The molecule has 2 aromatic carbocycles. The molecule has 0 fully saturated rings. The average molecular weight is 304 g/mol. The highest BCUT2D eigenvalue weighted by Crippen LogP contribution is 2.21. The van der Waals surface area contributed by atoms with Crippen LogP contribution in [0.4, 0.5) is 5.69 Å². The van der Waals surface area contributed by atoms with E-state index in [2.05, 4.69) is 5.32 Å². The highest BCUT2D eigenvalue weighted by atomic mass is 35.5. The molecule has 108 valence electrons. The number of halogens is 1. The Balaban J connectivity index is 2.07. The number of benzene rings is 2. The molecular formula is C16H14ClNO3. The van der Waals surface area contributed by atoms with E-state index in [0.29, 0.717) is 16.3 Å². The van der Waals surface area contributed by atoms with Crippen LogP contribution < -0.4 is 5.32 Å². The van der Waals surface area contributed by atoms with Crippen molar-refractivity contribution in [3.63, 3.8) is 0 Å². The van der Waals surface area contributed by atoms with Crippen molar-refractivity contribution in [1.82, 2.24) is 0 Å². The second-order valence-corrected chi connectivity index (χ2v) is 5.00. The van der Waals surface area contributed by atoms with Crippen LogP contribution in [0.2, 0.25) is 5.02 Å². The van der Waals surface area contributed by atoms with E-state index in [1.165, 1.54) is 0 Å². The number of anilines is 1. The quantitative estimate of drug-likeness (QED) is 0.888. The third kappa shape index (κ3) is 4.33. The Hall–Kier alpha value is -2.33. The number of aliphatic carboxylic acids is 1. The molecule has 0 spiro atoms. The maximum Gasteiger partial charge on any atom is 0.311 e. The second-order valence-electron chi connectivity index (χ2n) is 4.56. The fourth-order valence-corrected chi connectivity index (χ4v) is 2.19. The second kappa shape index (κ2) is 6.90. The van der Waals surface area contributed by atoms with Gasteiger partial charge in [-0.2, -0.15) is 0 Å². The van der Waals surface area contributed by atoms with E-state index in [4.69, 9.17) is 11.6 Å². The van der Waals surface area contributed by atoms with E-state index in [1.807, 2.05) is 0 Å². The van der Waals surface area contributed by atoms with E-state index < -0.39 is 11.9 Å². The van der Waals surface area contributed by atoms with Gasteiger partial charge in [-0.3, -0.25) is 9.59 Å². The molecule has 0 unspecified atom stereocenters. The van der Waals surface area contributed by atoms with Crippen LogP contribution in [0.3, 0.4) is 0 Å². The van der Waals surface area contributed by atoms with Gasteiger partial charge in [-0.1, -0.05) is 48.0 Å². The average Bonchev–Trinajstić information content (AvgIpc) is 2.45. The van der Waals surface area contributed by atoms with Crippen LogP contribution in [-0.2, 0) is 9.59 Å². The molecule has 2 rings (SSSR count). The van der Waals surface area contributed by atoms with Gasteiger partial charge in [-0.05, 0) is 23.8 Å². The van der Waals surface area contributed by atoms with Gasteiger partial charge in [-0.25, -0.2) is 0 Å². The molecule has 0 saturated carbocycles. The fraction of sp³-hybridized carbons (Fsp3) is 0.125. The lowest BCUT2D eigenvalue weighted by Crippen LogP contribution is -2.20. The van der Waals surface area contributed by atoms with Crippen molar-refractivity contribution >= 4 is 29.2 Å². The monoisotopic (exact) mass is 303 g/mol. The van der Waals surface area contributed by atoms with Gasteiger partial charge in [0, 0.05) is 17.1 Å². The molecule has 0 heterocycles. The minimum Gasteiger partial charge on any atom is -0.481 e. The first-order chi connectivity index (χ1) is 10.1. The van der Waals surface area contributed by atoms with E-state index in [9.17, 15) is 14.7 Å². The first-order valence-electron chi connectivity index (χ1n) is 6.39. The SMILES string of the molecule is O=C(C[C@H](C(=O)O)c1ccccc1)Nc1cccc(Cl)c1. The molecule has 0 radical (unpaired) electrons. The molecule has 0 saturated heterocycles. The smallest absolute Gasteiger partial charge is 0.311 e. The van der Waals surface area contributed by atoms with Crippen molar-refractivity contribution in [2.75, 3.05) is 5.32 Å². The standard InChI is InChI=1S/C16H14ClNO3/c17-12-7-4-8-13(9-12)18-15(19)10-14(16(20)21)11-5-2-1-3-6-11/h1-9,14H,10H2,(H,18,19)(H,20,21)/t14-/m0/s1. The summed E-state index contributed by atoms with van der Waals surface area (Å²) in [4.78, 5) is 23.3.